The van der Waals surface area contributed by atoms with Crippen molar-refractivity contribution in [1.29, 1.82) is 0 Å². The number of hydrogen-bond acceptors (Lipinski definition) is 2. The van der Waals surface area contributed by atoms with Crippen LogP contribution in [0.5, 0.6) is 0 Å². The van der Waals surface area contributed by atoms with Crippen LogP contribution in [0, 0.1) is 16.7 Å². The van der Waals surface area contributed by atoms with Crippen LogP contribution in [0.2, 0.25) is 0 Å². The molecule has 2 aliphatic rings. The first-order valence-electron chi connectivity index (χ1n) is 4.83. The molecule has 0 aromatic heterocycles. The summed E-state index contributed by atoms with van der Waals surface area (Å²) in [7, 11) is 0. The van der Waals surface area contributed by atoms with Gasteiger partial charge < -0.3 is 10.2 Å². The molecule has 0 spiro atoms. The van der Waals surface area contributed by atoms with E-state index in [0.29, 0.717) is 5.92 Å². The van der Waals surface area contributed by atoms with Crippen LogP contribution in [-0.2, 0) is 0 Å². The molecular formula is C10H18O2. The van der Waals surface area contributed by atoms with Gasteiger partial charge >= 0.3 is 0 Å². The van der Waals surface area contributed by atoms with Gasteiger partial charge in [-0.05, 0) is 25.2 Å². The fraction of sp³-hybridized carbons (Fsp3) is 1.00. The second-order valence-corrected chi connectivity index (χ2v) is 4.98. The Labute approximate surface area is 73.6 Å². The van der Waals surface area contributed by atoms with Crippen molar-refractivity contribution in [2.24, 2.45) is 16.7 Å². The Morgan fingerprint density at radius 2 is 2.08 bits per heavy atom. The number of rotatable bonds is 1. The first-order valence-corrected chi connectivity index (χ1v) is 4.83. The lowest BCUT2D eigenvalue weighted by Gasteiger charge is -2.38. The molecule has 0 aromatic rings. The highest BCUT2D eigenvalue weighted by Gasteiger charge is 2.63. The predicted octanol–water partition coefficient (Wildman–Crippen LogP) is 1.17. The van der Waals surface area contributed by atoms with Crippen LogP contribution in [-0.4, -0.2) is 22.9 Å². The molecule has 0 saturated heterocycles. The normalized spacial score (nSPS) is 58.0. The molecule has 0 heterocycles. The van der Waals surface area contributed by atoms with Gasteiger partial charge in [0.2, 0.25) is 0 Å². The van der Waals surface area contributed by atoms with Gasteiger partial charge in [-0.3, -0.25) is 0 Å². The van der Waals surface area contributed by atoms with E-state index in [1.165, 1.54) is 6.42 Å². The minimum atomic E-state index is -0.187. The molecule has 2 fully saturated rings. The van der Waals surface area contributed by atoms with E-state index in [-0.39, 0.29) is 23.5 Å². The van der Waals surface area contributed by atoms with Gasteiger partial charge in [0.15, 0.2) is 0 Å². The topological polar surface area (TPSA) is 40.5 Å². The van der Waals surface area contributed by atoms with E-state index < -0.39 is 0 Å². The van der Waals surface area contributed by atoms with E-state index in [9.17, 15) is 10.2 Å². The monoisotopic (exact) mass is 170 g/mol. The fourth-order valence-corrected chi connectivity index (χ4v) is 3.31. The van der Waals surface area contributed by atoms with Crippen molar-refractivity contribution >= 4 is 0 Å². The second kappa shape index (κ2) is 2.24. The first kappa shape index (κ1) is 8.52. The molecule has 2 rings (SSSR count). The van der Waals surface area contributed by atoms with Crippen LogP contribution < -0.4 is 0 Å². The van der Waals surface area contributed by atoms with Crippen molar-refractivity contribution in [3.8, 4) is 0 Å². The Kier molecular flexibility index (Phi) is 1.59. The van der Waals surface area contributed by atoms with Crippen LogP contribution in [0.15, 0.2) is 0 Å². The Morgan fingerprint density at radius 1 is 1.42 bits per heavy atom. The van der Waals surface area contributed by atoms with Crippen molar-refractivity contribution in [3.63, 3.8) is 0 Å². The molecule has 0 radical (unpaired) electrons. The van der Waals surface area contributed by atoms with Crippen molar-refractivity contribution in [2.75, 3.05) is 6.61 Å². The van der Waals surface area contributed by atoms with Crippen LogP contribution in [0.3, 0.4) is 0 Å². The molecular weight excluding hydrogens is 152 g/mol. The number of hydrogen-bond donors (Lipinski definition) is 2. The lowest BCUT2D eigenvalue weighted by atomic mass is 9.69. The Morgan fingerprint density at radius 3 is 2.33 bits per heavy atom. The van der Waals surface area contributed by atoms with Crippen molar-refractivity contribution in [3.05, 3.63) is 0 Å². The number of aliphatic hydroxyl groups is 2. The van der Waals surface area contributed by atoms with Crippen LogP contribution in [0.4, 0.5) is 0 Å². The maximum Gasteiger partial charge on any atom is 0.0602 e. The van der Waals surface area contributed by atoms with E-state index in [1.807, 2.05) is 0 Å². The lowest BCUT2D eigenvalue weighted by Crippen LogP contribution is -2.39. The molecule has 0 aromatic carbocycles. The Balaban J connectivity index is 2.38. The molecule has 0 aliphatic heterocycles. The summed E-state index contributed by atoms with van der Waals surface area (Å²) >= 11 is 0. The highest BCUT2D eigenvalue weighted by atomic mass is 16.3. The third kappa shape index (κ3) is 0.686. The SMILES string of the molecule is CC1(CO)C2CCC1(C)[C@H](O)C2. The second-order valence-electron chi connectivity index (χ2n) is 4.98. The van der Waals surface area contributed by atoms with Gasteiger partial charge in [0.1, 0.15) is 0 Å². The van der Waals surface area contributed by atoms with Gasteiger partial charge in [0, 0.05) is 17.4 Å². The Hall–Kier alpha value is -0.0800. The molecule has 2 heteroatoms. The van der Waals surface area contributed by atoms with Crippen molar-refractivity contribution < 1.29 is 10.2 Å². The van der Waals surface area contributed by atoms with Gasteiger partial charge in [-0.15, -0.1) is 0 Å². The zero-order valence-electron chi connectivity index (χ0n) is 7.88. The van der Waals surface area contributed by atoms with E-state index >= 15 is 0 Å². The van der Waals surface area contributed by atoms with Crippen molar-refractivity contribution in [1.82, 2.24) is 0 Å². The molecule has 12 heavy (non-hydrogen) atoms. The third-order valence-corrected chi connectivity index (χ3v) is 4.79. The largest absolute Gasteiger partial charge is 0.396 e. The number of fused-ring (bicyclic) bond motifs is 2. The maximum atomic E-state index is 9.83. The highest BCUT2D eigenvalue weighted by Crippen LogP contribution is 2.65. The standard InChI is InChI=1S/C10H18O2/c1-9-4-3-7(5-8(9)12)10(9,2)6-11/h7-8,11-12H,3-6H2,1-2H3/t7?,8-,9?,10?/m1/s1. The minimum absolute atomic E-state index is 0.0214. The molecule has 2 N–H and O–H groups in total. The molecule has 3 unspecified atom stereocenters. The summed E-state index contributed by atoms with van der Waals surface area (Å²) in [6.45, 7) is 4.48. The van der Waals surface area contributed by atoms with Crippen LogP contribution in [0.1, 0.15) is 33.1 Å². The van der Waals surface area contributed by atoms with Crippen LogP contribution in [0.25, 0.3) is 0 Å². The molecule has 2 saturated carbocycles. The molecule has 2 bridgehead atoms. The van der Waals surface area contributed by atoms with Gasteiger partial charge in [0.05, 0.1) is 6.10 Å². The maximum absolute atomic E-state index is 9.83. The summed E-state index contributed by atoms with van der Waals surface area (Å²) < 4.78 is 0. The average Bonchev–Trinajstić information content (AvgIpc) is 2.39. The number of aliphatic hydroxyl groups excluding tert-OH is 2. The summed E-state index contributed by atoms with van der Waals surface area (Å²) in [6.07, 6.45) is 2.97. The van der Waals surface area contributed by atoms with E-state index in [0.717, 1.165) is 12.8 Å². The van der Waals surface area contributed by atoms with Gasteiger partial charge in [-0.1, -0.05) is 13.8 Å². The molecule has 70 valence electrons. The van der Waals surface area contributed by atoms with Gasteiger partial charge in [-0.2, -0.15) is 0 Å². The molecule has 4 atom stereocenters. The summed E-state index contributed by atoms with van der Waals surface area (Å²) in [6, 6.07) is 0. The van der Waals surface area contributed by atoms with Gasteiger partial charge in [0.25, 0.3) is 0 Å². The smallest absolute Gasteiger partial charge is 0.0602 e. The molecule has 0 amide bonds. The summed E-state index contributed by atoms with van der Waals surface area (Å²) in [5, 5.41) is 19.2. The predicted molar refractivity (Wildman–Crippen MR) is 46.6 cm³/mol. The van der Waals surface area contributed by atoms with E-state index in [1.54, 1.807) is 0 Å². The zero-order chi connectivity index (χ0) is 8.98. The van der Waals surface area contributed by atoms with Gasteiger partial charge in [-0.25, -0.2) is 0 Å². The summed E-state index contributed by atoms with van der Waals surface area (Å²) in [4.78, 5) is 0. The quantitative estimate of drug-likeness (QED) is 0.620. The van der Waals surface area contributed by atoms with E-state index in [4.69, 9.17) is 0 Å². The van der Waals surface area contributed by atoms with Crippen molar-refractivity contribution in [2.45, 2.75) is 39.2 Å². The minimum Gasteiger partial charge on any atom is -0.396 e. The van der Waals surface area contributed by atoms with E-state index in [2.05, 4.69) is 13.8 Å². The fourth-order valence-electron chi connectivity index (χ4n) is 3.31. The third-order valence-electron chi connectivity index (χ3n) is 4.79. The zero-order valence-corrected chi connectivity index (χ0v) is 7.88. The Bertz CT molecular complexity index is 202. The lowest BCUT2D eigenvalue weighted by molar-refractivity contribution is -0.0213. The molecule has 2 nitrogen and oxygen atoms in total. The summed E-state index contributed by atoms with van der Waals surface area (Å²) in [5.74, 6) is 0.544. The first-order chi connectivity index (χ1) is 5.54. The average molecular weight is 170 g/mol. The molecule has 2 aliphatic carbocycles. The van der Waals surface area contributed by atoms with Crippen LogP contribution >= 0.6 is 0 Å². The summed E-state index contributed by atoms with van der Waals surface area (Å²) in [5.41, 5.74) is -0.0428. The highest BCUT2D eigenvalue weighted by molar-refractivity contribution is 5.12.